The molecular formula is C16H18ClN5O. The van der Waals surface area contributed by atoms with Crippen molar-refractivity contribution < 1.29 is 4.79 Å². The number of urea groups is 1. The van der Waals surface area contributed by atoms with Gasteiger partial charge in [0.15, 0.2) is 0 Å². The lowest BCUT2D eigenvalue weighted by Crippen LogP contribution is -2.28. The van der Waals surface area contributed by atoms with E-state index < -0.39 is 0 Å². The van der Waals surface area contributed by atoms with Gasteiger partial charge in [-0.3, -0.25) is 10.4 Å². The molecule has 0 bridgehead atoms. The lowest BCUT2D eigenvalue weighted by atomic mass is 9.98. The Morgan fingerprint density at radius 1 is 1.26 bits per heavy atom. The molecule has 0 saturated heterocycles. The van der Waals surface area contributed by atoms with Crippen LogP contribution in [0, 0.1) is 6.92 Å². The molecule has 0 aliphatic carbocycles. The smallest absolute Gasteiger partial charge is 0.320 e. The van der Waals surface area contributed by atoms with Crippen molar-refractivity contribution in [2.24, 2.45) is 0 Å². The molecule has 120 valence electrons. The second kappa shape index (κ2) is 7.11. The van der Waals surface area contributed by atoms with E-state index in [-0.39, 0.29) is 18.4 Å². The number of nitrogens with zero attached hydrogens (tertiary/aromatic N) is 2. The van der Waals surface area contributed by atoms with E-state index in [1.807, 2.05) is 26.1 Å². The fraction of sp³-hybridized carbons (Fsp3) is 0.188. The summed E-state index contributed by atoms with van der Waals surface area (Å²) < 4.78 is 0. The number of nitrogens with one attached hydrogen (secondary N) is 3. The molecule has 3 N–H and O–H groups in total. The van der Waals surface area contributed by atoms with Gasteiger partial charge in [0, 0.05) is 29.9 Å². The van der Waals surface area contributed by atoms with Gasteiger partial charge in [0.2, 0.25) is 0 Å². The van der Waals surface area contributed by atoms with Gasteiger partial charge in [-0.25, -0.2) is 9.78 Å². The Bertz CT molecular complexity index is 817. The third-order valence-electron chi connectivity index (χ3n) is 3.51. The van der Waals surface area contributed by atoms with Crippen LogP contribution in [0.1, 0.15) is 12.5 Å². The monoisotopic (exact) mass is 331 g/mol. The molecule has 0 unspecified atom stereocenters. The van der Waals surface area contributed by atoms with E-state index in [9.17, 15) is 4.79 Å². The van der Waals surface area contributed by atoms with Crippen LogP contribution in [0.5, 0.6) is 0 Å². The van der Waals surface area contributed by atoms with Crippen molar-refractivity contribution in [3.05, 3.63) is 42.4 Å². The molecule has 0 fully saturated rings. The van der Waals surface area contributed by atoms with Gasteiger partial charge in [0.05, 0.1) is 6.20 Å². The van der Waals surface area contributed by atoms with Crippen LogP contribution >= 0.6 is 12.4 Å². The van der Waals surface area contributed by atoms with Crippen molar-refractivity contribution in [1.29, 1.82) is 0 Å². The number of anilines is 1. The minimum atomic E-state index is -0.258. The largest absolute Gasteiger partial charge is 0.338 e. The SMILES string of the molecule is CCNC(=O)Nc1cc2c(-c3cn[nH]c3)ccc(C)c2cn1.Cl. The van der Waals surface area contributed by atoms with Gasteiger partial charge in [-0.1, -0.05) is 12.1 Å². The highest BCUT2D eigenvalue weighted by Gasteiger charge is 2.09. The number of aryl methyl sites for hydroxylation is 1. The molecule has 2 heterocycles. The summed E-state index contributed by atoms with van der Waals surface area (Å²) in [6.45, 7) is 4.48. The van der Waals surface area contributed by atoms with Gasteiger partial charge in [-0.2, -0.15) is 5.10 Å². The maximum Gasteiger partial charge on any atom is 0.320 e. The number of halogens is 1. The zero-order valence-corrected chi connectivity index (χ0v) is 13.7. The predicted octanol–water partition coefficient (Wildman–Crippen LogP) is 3.50. The number of H-pyrrole nitrogens is 1. The number of rotatable bonds is 3. The van der Waals surface area contributed by atoms with E-state index in [0.29, 0.717) is 12.4 Å². The number of hydrogen-bond donors (Lipinski definition) is 3. The van der Waals surface area contributed by atoms with E-state index >= 15 is 0 Å². The van der Waals surface area contributed by atoms with E-state index in [1.165, 1.54) is 0 Å². The zero-order chi connectivity index (χ0) is 15.5. The van der Waals surface area contributed by atoms with Crippen LogP contribution in [0.4, 0.5) is 10.6 Å². The number of amides is 2. The maximum atomic E-state index is 11.7. The predicted molar refractivity (Wildman–Crippen MR) is 94.0 cm³/mol. The average Bonchev–Trinajstić information content (AvgIpc) is 3.02. The molecule has 0 atom stereocenters. The Hall–Kier alpha value is -2.60. The van der Waals surface area contributed by atoms with E-state index in [1.54, 1.807) is 12.4 Å². The fourth-order valence-corrected chi connectivity index (χ4v) is 2.42. The van der Waals surface area contributed by atoms with Gasteiger partial charge in [-0.05, 0) is 36.4 Å². The summed E-state index contributed by atoms with van der Waals surface area (Å²) >= 11 is 0. The van der Waals surface area contributed by atoms with E-state index in [2.05, 4.69) is 37.9 Å². The van der Waals surface area contributed by atoms with Crippen LogP contribution in [0.2, 0.25) is 0 Å². The molecule has 23 heavy (non-hydrogen) atoms. The molecular weight excluding hydrogens is 314 g/mol. The maximum absolute atomic E-state index is 11.7. The summed E-state index contributed by atoms with van der Waals surface area (Å²) in [6, 6.07) is 5.74. The van der Waals surface area contributed by atoms with Crippen LogP contribution in [0.3, 0.4) is 0 Å². The van der Waals surface area contributed by atoms with Gasteiger partial charge < -0.3 is 5.32 Å². The number of aromatic amines is 1. The summed E-state index contributed by atoms with van der Waals surface area (Å²) in [5.41, 5.74) is 3.19. The van der Waals surface area contributed by atoms with Crippen LogP contribution in [0.15, 0.2) is 36.8 Å². The van der Waals surface area contributed by atoms with Crippen molar-refractivity contribution in [3.63, 3.8) is 0 Å². The topological polar surface area (TPSA) is 82.7 Å². The second-order valence-corrected chi connectivity index (χ2v) is 5.02. The Morgan fingerprint density at radius 3 is 2.78 bits per heavy atom. The van der Waals surface area contributed by atoms with Gasteiger partial charge >= 0.3 is 6.03 Å². The van der Waals surface area contributed by atoms with E-state index in [4.69, 9.17) is 0 Å². The van der Waals surface area contributed by atoms with Crippen molar-refractivity contribution in [2.45, 2.75) is 13.8 Å². The van der Waals surface area contributed by atoms with Gasteiger partial charge in [0.25, 0.3) is 0 Å². The van der Waals surface area contributed by atoms with Crippen LogP contribution < -0.4 is 10.6 Å². The zero-order valence-electron chi connectivity index (χ0n) is 12.9. The number of pyridine rings is 1. The molecule has 2 aromatic heterocycles. The molecule has 6 nitrogen and oxygen atoms in total. The third-order valence-corrected chi connectivity index (χ3v) is 3.51. The first kappa shape index (κ1) is 16.8. The Balaban J connectivity index is 0.00000192. The summed E-state index contributed by atoms with van der Waals surface area (Å²) in [5.74, 6) is 0.522. The Morgan fingerprint density at radius 2 is 2.09 bits per heavy atom. The van der Waals surface area contributed by atoms with Crippen LogP contribution in [-0.2, 0) is 0 Å². The van der Waals surface area contributed by atoms with Crippen LogP contribution in [0.25, 0.3) is 21.9 Å². The quantitative estimate of drug-likeness (QED) is 0.687. The number of fused-ring (bicyclic) bond motifs is 1. The van der Waals surface area contributed by atoms with Gasteiger partial charge in [0.1, 0.15) is 5.82 Å². The first-order valence-corrected chi connectivity index (χ1v) is 7.12. The summed E-state index contributed by atoms with van der Waals surface area (Å²) in [5, 5.41) is 14.3. The lowest BCUT2D eigenvalue weighted by Gasteiger charge is -2.10. The second-order valence-electron chi connectivity index (χ2n) is 5.02. The van der Waals surface area contributed by atoms with Crippen molar-refractivity contribution >= 4 is 35.0 Å². The van der Waals surface area contributed by atoms with Crippen molar-refractivity contribution in [2.75, 3.05) is 11.9 Å². The average molecular weight is 332 g/mol. The van der Waals surface area contributed by atoms with Crippen LogP contribution in [-0.4, -0.2) is 27.8 Å². The molecule has 1 aromatic carbocycles. The molecule has 0 aliphatic heterocycles. The number of carbonyl (C=O) groups excluding carboxylic acids is 1. The first-order valence-electron chi connectivity index (χ1n) is 7.12. The minimum Gasteiger partial charge on any atom is -0.338 e. The molecule has 0 saturated carbocycles. The highest BCUT2D eigenvalue weighted by atomic mass is 35.5. The highest BCUT2D eigenvalue weighted by molar-refractivity contribution is 6.00. The summed E-state index contributed by atoms with van der Waals surface area (Å²) in [6.07, 6.45) is 5.42. The lowest BCUT2D eigenvalue weighted by molar-refractivity contribution is 0.252. The van der Waals surface area contributed by atoms with Gasteiger partial charge in [-0.15, -0.1) is 12.4 Å². The van der Waals surface area contributed by atoms with Crippen molar-refractivity contribution in [3.8, 4) is 11.1 Å². The summed E-state index contributed by atoms with van der Waals surface area (Å²) in [4.78, 5) is 16.0. The fourth-order valence-electron chi connectivity index (χ4n) is 2.42. The molecule has 2 amide bonds. The molecule has 0 aliphatic rings. The molecule has 3 aromatic rings. The Labute approximate surface area is 140 Å². The molecule has 0 radical (unpaired) electrons. The number of benzene rings is 1. The third kappa shape index (κ3) is 3.43. The standard InChI is InChI=1S/C16H17N5O.ClH/c1-3-17-16(22)21-15-6-13-12(11-7-19-20-8-11)5-4-10(2)14(13)9-18-15;/h4-9H,3H2,1-2H3,(H,19,20)(H2,17,18,21,22);1H. The molecule has 7 heteroatoms. The van der Waals surface area contributed by atoms with Crippen molar-refractivity contribution in [1.82, 2.24) is 20.5 Å². The van der Waals surface area contributed by atoms with E-state index in [0.717, 1.165) is 27.5 Å². The number of carbonyl (C=O) groups is 1. The Kier molecular flexibility index (Phi) is 5.18. The number of aromatic nitrogens is 3. The molecule has 0 spiro atoms. The molecule has 3 rings (SSSR count). The number of hydrogen-bond acceptors (Lipinski definition) is 3. The minimum absolute atomic E-state index is 0. The highest BCUT2D eigenvalue weighted by Crippen LogP contribution is 2.31. The normalized spacial score (nSPS) is 10.2. The summed E-state index contributed by atoms with van der Waals surface area (Å²) in [7, 11) is 0. The first-order chi connectivity index (χ1) is 10.7.